The van der Waals surface area contributed by atoms with Gasteiger partial charge < -0.3 is 9.88 Å². The molecule has 1 N–H and O–H groups in total. The third kappa shape index (κ3) is 3.36. The fourth-order valence-corrected chi connectivity index (χ4v) is 2.90. The lowest BCUT2D eigenvalue weighted by atomic mass is 10.1. The van der Waals surface area contributed by atoms with E-state index in [1.807, 2.05) is 22.9 Å². The smallest absolute Gasteiger partial charge is 0.244 e. The van der Waals surface area contributed by atoms with Crippen molar-refractivity contribution in [3.63, 3.8) is 0 Å². The molecule has 0 radical (unpaired) electrons. The number of aryl methyl sites for hydroxylation is 1. The summed E-state index contributed by atoms with van der Waals surface area (Å²) in [5.74, 6) is -0.147. The number of aromatic nitrogens is 1. The summed E-state index contributed by atoms with van der Waals surface area (Å²) in [7, 11) is 0. The molecule has 5 heteroatoms. The van der Waals surface area contributed by atoms with E-state index in [-0.39, 0.29) is 12.5 Å². The van der Waals surface area contributed by atoms with Gasteiger partial charge in [0.25, 0.3) is 0 Å². The van der Waals surface area contributed by atoms with Crippen molar-refractivity contribution in [1.29, 1.82) is 0 Å². The second kappa shape index (κ2) is 6.65. The number of anilines is 1. The van der Waals surface area contributed by atoms with Gasteiger partial charge >= 0.3 is 0 Å². The number of carbonyl (C=O) groups excluding carboxylic acids is 1. The maximum atomic E-state index is 12.3. The summed E-state index contributed by atoms with van der Waals surface area (Å²) >= 11 is 12.1. The van der Waals surface area contributed by atoms with Crippen molar-refractivity contribution in [2.75, 3.05) is 5.32 Å². The van der Waals surface area contributed by atoms with Gasteiger partial charge in [0.2, 0.25) is 5.91 Å². The van der Waals surface area contributed by atoms with Crippen LogP contribution in [0.15, 0.2) is 48.7 Å². The number of hydrogen-bond donors (Lipinski definition) is 1. The topological polar surface area (TPSA) is 34.0 Å². The lowest BCUT2D eigenvalue weighted by Crippen LogP contribution is -2.18. The van der Waals surface area contributed by atoms with Crippen molar-refractivity contribution in [1.82, 2.24) is 4.57 Å². The Morgan fingerprint density at radius 1 is 1.17 bits per heavy atom. The zero-order chi connectivity index (χ0) is 16.4. The Kier molecular flexibility index (Phi) is 4.60. The van der Waals surface area contributed by atoms with Crippen LogP contribution < -0.4 is 5.32 Å². The zero-order valence-electron chi connectivity index (χ0n) is 12.6. The van der Waals surface area contributed by atoms with Crippen LogP contribution in [0, 0.1) is 0 Å². The molecule has 3 aromatic rings. The van der Waals surface area contributed by atoms with Crippen LogP contribution in [0.5, 0.6) is 0 Å². The highest BCUT2D eigenvalue weighted by Gasteiger charge is 2.10. The SMILES string of the molecule is CCc1ccc2c(ccn2CC(=O)Nc2cccc(Cl)c2Cl)c1. The zero-order valence-corrected chi connectivity index (χ0v) is 14.2. The standard InChI is InChI=1S/C18H16Cl2N2O/c1-2-12-6-7-16-13(10-12)8-9-22(16)11-17(23)21-15-5-3-4-14(19)18(15)20/h3-10H,2,11H2,1H3,(H,21,23). The molecule has 0 aliphatic carbocycles. The van der Waals surface area contributed by atoms with Gasteiger partial charge in [0.15, 0.2) is 0 Å². The predicted molar refractivity (Wildman–Crippen MR) is 96.4 cm³/mol. The number of fused-ring (bicyclic) bond motifs is 1. The minimum absolute atomic E-state index is 0.147. The number of nitrogens with one attached hydrogen (secondary N) is 1. The molecule has 0 unspecified atom stereocenters. The van der Waals surface area contributed by atoms with Crippen LogP contribution in [0.25, 0.3) is 10.9 Å². The van der Waals surface area contributed by atoms with E-state index in [0.29, 0.717) is 15.7 Å². The number of carbonyl (C=O) groups is 1. The average Bonchev–Trinajstić information content (AvgIpc) is 2.94. The maximum Gasteiger partial charge on any atom is 0.244 e. The largest absolute Gasteiger partial charge is 0.338 e. The van der Waals surface area contributed by atoms with Crippen LogP contribution in [-0.2, 0) is 17.8 Å². The summed E-state index contributed by atoms with van der Waals surface area (Å²) in [6.07, 6.45) is 2.91. The number of amides is 1. The summed E-state index contributed by atoms with van der Waals surface area (Å²) < 4.78 is 1.92. The number of halogens is 2. The van der Waals surface area contributed by atoms with E-state index in [4.69, 9.17) is 23.2 Å². The second-order valence-corrected chi connectivity index (χ2v) is 6.13. The third-order valence-corrected chi connectivity index (χ3v) is 4.60. The highest BCUT2D eigenvalue weighted by atomic mass is 35.5. The van der Waals surface area contributed by atoms with Crippen LogP contribution in [0.3, 0.4) is 0 Å². The van der Waals surface area contributed by atoms with E-state index in [2.05, 4.69) is 24.4 Å². The van der Waals surface area contributed by atoms with Gasteiger partial charge in [-0.05, 0) is 47.7 Å². The monoisotopic (exact) mass is 346 g/mol. The highest BCUT2D eigenvalue weighted by molar-refractivity contribution is 6.43. The molecule has 0 saturated carbocycles. The minimum atomic E-state index is -0.147. The van der Waals surface area contributed by atoms with E-state index in [9.17, 15) is 4.79 Å². The molecular formula is C18H16Cl2N2O. The number of benzene rings is 2. The molecule has 23 heavy (non-hydrogen) atoms. The van der Waals surface area contributed by atoms with Gasteiger partial charge in [-0.2, -0.15) is 0 Å². The third-order valence-electron chi connectivity index (χ3n) is 3.78. The van der Waals surface area contributed by atoms with Crippen LogP contribution >= 0.6 is 23.2 Å². The molecule has 0 saturated heterocycles. The predicted octanol–water partition coefficient (Wildman–Crippen LogP) is 5.15. The molecule has 0 bridgehead atoms. The van der Waals surface area contributed by atoms with Crippen molar-refractivity contribution in [3.8, 4) is 0 Å². The lowest BCUT2D eigenvalue weighted by molar-refractivity contribution is -0.116. The molecule has 0 spiro atoms. The molecule has 1 aromatic heterocycles. The van der Waals surface area contributed by atoms with Gasteiger partial charge in [-0.15, -0.1) is 0 Å². The number of hydrogen-bond acceptors (Lipinski definition) is 1. The molecule has 3 nitrogen and oxygen atoms in total. The van der Waals surface area contributed by atoms with Gasteiger partial charge in [-0.25, -0.2) is 0 Å². The molecule has 3 rings (SSSR count). The average molecular weight is 347 g/mol. The summed E-state index contributed by atoms with van der Waals surface area (Å²) in [6.45, 7) is 2.35. The first-order valence-electron chi connectivity index (χ1n) is 7.40. The molecule has 1 amide bonds. The quantitative estimate of drug-likeness (QED) is 0.696. The van der Waals surface area contributed by atoms with Crippen molar-refractivity contribution < 1.29 is 4.79 Å². The van der Waals surface area contributed by atoms with Crippen LogP contribution in [0.4, 0.5) is 5.69 Å². The van der Waals surface area contributed by atoms with E-state index in [1.54, 1.807) is 18.2 Å². The van der Waals surface area contributed by atoms with E-state index in [0.717, 1.165) is 17.3 Å². The highest BCUT2D eigenvalue weighted by Crippen LogP contribution is 2.29. The lowest BCUT2D eigenvalue weighted by Gasteiger charge is -2.10. The summed E-state index contributed by atoms with van der Waals surface area (Å²) in [6, 6.07) is 13.5. The Hall–Kier alpha value is -1.97. The van der Waals surface area contributed by atoms with Gasteiger partial charge in [0, 0.05) is 11.7 Å². The molecule has 118 valence electrons. The molecule has 0 aliphatic heterocycles. The minimum Gasteiger partial charge on any atom is -0.338 e. The van der Waals surface area contributed by atoms with Crippen molar-refractivity contribution in [2.45, 2.75) is 19.9 Å². The molecule has 0 aliphatic rings. The van der Waals surface area contributed by atoms with Crippen molar-refractivity contribution >= 4 is 45.7 Å². The number of rotatable bonds is 4. The Balaban J connectivity index is 1.79. The van der Waals surface area contributed by atoms with Crippen LogP contribution in [0.2, 0.25) is 10.0 Å². The normalized spacial score (nSPS) is 10.9. The van der Waals surface area contributed by atoms with Crippen LogP contribution in [0.1, 0.15) is 12.5 Å². The Bertz CT molecular complexity index is 871. The van der Waals surface area contributed by atoms with Gasteiger partial charge in [-0.3, -0.25) is 4.79 Å². The Morgan fingerprint density at radius 3 is 2.78 bits per heavy atom. The maximum absolute atomic E-state index is 12.3. The van der Waals surface area contributed by atoms with Crippen LogP contribution in [-0.4, -0.2) is 10.5 Å². The first-order valence-corrected chi connectivity index (χ1v) is 8.15. The van der Waals surface area contributed by atoms with Crippen molar-refractivity contribution in [2.24, 2.45) is 0 Å². The van der Waals surface area contributed by atoms with E-state index in [1.165, 1.54) is 5.56 Å². The molecule has 1 heterocycles. The van der Waals surface area contributed by atoms with E-state index >= 15 is 0 Å². The molecule has 0 atom stereocenters. The van der Waals surface area contributed by atoms with Gasteiger partial charge in [0.1, 0.15) is 6.54 Å². The molecule has 0 fully saturated rings. The fraction of sp³-hybridized carbons (Fsp3) is 0.167. The van der Waals surface area contributed by atoms with E-state index < -0.39 is 0 Å². The summed E-state index contributed by atoms with van der Waals surface area (Å²) in [5, 5.41) is 4.71. The van der Waals surface area contributed by atoms with Gasteiger partial charge in [-0.1, -0.05) is 42.3 Å². The number of nitrogens with zero attached hydrogens (tertiary/aromatic N) is 1. The first kappa shape index (κ1) is 15.9. The summed E-state index contributed by atoms with van der Waals surface area (Å²) in [4.78, 5) is 12.3. The summed E-state index contributed by atoms with van der Waals surface area (Å²) in [5.41, 5.74) is 2.84. The Morgan fingerprint density at radius 2 is 2.00 bits per heavy atom. The second-order valence-electron chi connectivity index (χ2n) is 5.34. The molecule has 2 aromatic carbocycles. The molecular weight excluding hydrogens is 331 g/mol. The van der Waals surface area contributed by atoms with Crippen molar-refractivity contribution in [3.05, 3.63) is 64.3 Å². The fourth-order valence-electron chi connectivity index (χ4n) is 2.55. The van der Waals surface area contributed by atoms with Gasteiger partial charge in [0.05, 0.1) is 15.7 Å². The Labute approximate surface area is 144 Å². The first-order chi connectivity index (χ1) is 11.1.